The summed E-state index contributed by atoms with van der Waals surface area (Å²) >= 11 is 0. The highest BCUT2D eigenvalue weighted by atomic mass is 32.2. The van der Waals surface area contributed by atoms with Crippen molar-refractivity contribution in [3.63, 3.8) is 0 Å². The molecule has 0 radical (unpaired) electrons. The fourth-order valence-electron chi connectivity index (χ4n) is 3.04. The van der Waals surface area contributed by atoms with Gasteiger partial charge in [-0.2, -0.15) is 21.6 Å². The van der Waals surface area contributed by atoms with E-state index in [0.29, 0.717) is 10.9 Å². The standard InChI is InChI=1S/C22H25F3O6S/c1-7-14-9-10-16-15(12-14)11-13(3)17(18(16)31-32(27,28)22(23,24)25)19(20(26)29-8-2)30-21(4,5)6/h7,9-12,19H,1,8H2,2-6H3. The summed E-state index contributed by atoms with van der Waals surface area (Å²) in [6.07, 6.45) is -0.00310. The number of aryl methyl sites for hydroxylation is 1. The van der Waals surface area contributed by atoms with Crippen molar-refractivity contribution in [2.75, 3.05) is 6.61 Å². The molecule has 1 unspecified atom stereocenters. The van der Waals surface area contributed by atoms with Crippen LogP contribution in [0, 0.1) is 6.92 Å². The fourth-order valence-corrected chi connectivity index (χ4v) is 3.53. The smallest absolute Gasteiger partial charge is 0.464 e. The Balaban J connectivity index is 2.92. The molecule has 176 valence electrons. The van der Waals surface area contributed by atoms with E-state index < -0.39 is 39.1 Å². The van der Waals surface area contributed by atoms with E-state index in [4.69, 9.17) is 9.47 Å². The summed E-state index contributed by atoms with van der Waals surface area (Å²) in [5.74, 6) is -1.53. The number of carbonyl (C=O) groups is 1. The lowest BCUT2D eigenvalue weighted by Gasteiger charge is -2.29. The van der Waals surface area contributed by atoms with Gasteiger partial charge in [0.05, 0.1) is 12.2 Å². The maximum atomic E-state index is 13.2. The van der Waals surface area contributed by atoms with Gasteiger partial charge in [-0.1, -0.05) is 24.8 Å². The maximum Gasteiger partial charge on any atom is 0.534 e. The third-order valence-electron chi connectivity index (χ3n) is 4.31. The lowest BCUT2D eigenvalue weighted by Crippen LogP contribution is -2.31. The summed E-state index contributed by atoms with van der Waals surface area (Å²) in [7, 11) is -6.04. The van der Waals surface area contributed by atoms with Gasteiger partial charge in [0.25, 0.3) is 0 Å². The molecule has 0 aliphatic heterocycles. The molecule has 2 aromatic carbocycles. The minimum atomic E-state index is -6.04. The molecule has 1 atom stereocenters. The first-order valence-electron chi connectivity index (χ1n) is 9.66. The van der Waals surface area contributed by atoms with Crippen LogP contribution < -0.4 is 4.18 Å². The van der Waals surface area contributed by atoms with E-state index >= 15 is 0 Å². The highest BCUT2D eigenvalue weighted by Crippen LogP contribution is 2.42. The minimum absolute atomic E-state index is 0.0187. The average Bonchev–Trinajstić information content (AvgIpc) is 2.64. The Morgan fingerprint density at radius 1 is 1.19 bits per heavy atom. The predicted molar refractivity (Wildman–Crippen MR) is 115 cm³/mol. The number of fused-ring (bicyclic) bond motifs is 1. The van der Waals surface area contributed by atoms with E-state index in [1.54, 1.807) is 39.8 Å². The summed E-state index contributed by atoms with van der Waals surface area (Å²) in [4.78, 5) is 12.7. The number of hydrogen-bond donors (Lipinski definition) is 0. The van der Waals surface area contributed by atoms with Gasteiger partial charge in [0.15, 0.2) is 11.9 Å². The number of benzene rings is 2. The molecule has 0 bridgehead atoms. The van der Waals surface area contributed by atoms with E-state index in [1.165, 1.54) is 25.1 Å². The van der Waals surface area contributed by atoms with Gasteiger partial charge in [-0.05, 0) is 63.3 Å². The molecule has 2 aromatic rings. The van der Waals surface area contributed by atoms with E-state index in [0.717, 1.165) is 0 Å². The van der Waals surface area contributed by atoms with Crippen LogP contribution in [0.1, 0.15) is 50.5 Å². The van der Waals surface area contributed by atoms with Crippen LogP contribution in [0.25, 0.3) is 16.8 Å². The molecular formula is C22H25F3O6S. The molecular weight excluding hydrogens is 449 g/mol. The lowest BCUT2D eigenvalue weighted by atomic mass is 9.95. The molecule has 0 amide bonds. The van der Waals surface area contributed by atoms with Gasteiger partial charge < -0.3 is 13.7 Å². The van der Waals surface area contributed by atoms with Gasteiger partial charge in [-0.3, -0.25) is 0 Å². The van der Waals surface area contributed by atoms with Crippen LogP contribution in [0.5, 0.6) is 5.75 Å². The maximum absolute atomic E-state index is 13.2. The monoisotopic (exact) mass is 474 g/mol. The van der Waals surface area contributed by atoms with Crippen LogP contribution in [-0.4, -0.2) is 32.1 Å². The topological polar surface area (TPSA) is 78.9 Å². The Kier molecular flexibility index (Phi) is 7.31. The molecule has 32 heavy (non-hydrogen) atoms. The third-order valence-corrected chi connectivity index (χ3v) is 5.26. The first-order chi connectivity index (χ1) is 14.6. The Hall–Kier alpha value is -2.59. The van der Waals surface area contributed by atoms with Gasteiger partial charge in [-0.25, -0.2) is 4.79 Å². The van der Waals surface area contributed by atoms with E-state index in [1.807, 2.05) is 0 Å². The van der Waals surface area contributed by atoms with Crippen molar-refractivity contribution < 1.29 is 40.0 Å². The minimum Gasteiger partial charge on any atom is -0.464 e. The van der Waals surface area contributed by atoms with Crippen LogP contribution in [-0.2, 0) is 24.4 Å². The Bertz CT molecular complexity index is 1130. The van der Waals surface area contributed by atoms with Crippen molar-refractivity contribution in [3.8, 4) is 5.75 Å². The van der Waals surface area contributed by atoms with Crippen molar-refractivity contribution in [1.29, 1.82) is 0 Å². The number of carbonyl (C=O) groups excluding carboxylic acids is 1. The molecule has 0 aliphatic carbocycles. The molecule has 0 N–H and O–H groups in total. The van der Waals surface area contributed by atoms with Gasteiger partial charge in [0, 0.05) is 10.9 Å². The molecule has 0 saturated heterocycles. The zero-order valence-corrected chi connectivity index (χ0v) is 19.2. The molecule has 0 saturated carbocycles. The van der Waals surface area contributed by atoms with Crippen LogP contribution in [0.3, 0.4) is 0 Å². The Morgan fingerprint density at radius 2 is 1.81 bits per heavy atom. The van der Waals surface area contributed by atoms with Gasteiger partial charge in [0.2, 0.25) is 0 Å². The van der Waals surface area contributed by atoms with Gasteiger partial charge in [0.1, 0.15) is 0 Å². The normalized spacial score (nSPS) is 13.6. The first-order valence-corrected chi connectivity index (χ1v) is 11.1. The zero-order valence-electron chi connectivity index (χ0n) is 18.4. The van der Waals surface area contributed by atoms with Crippen molar-refractivity contribution in [1.82, 2.24) is 0 Å². The average molecular weight is 474 g/mol. The number of ether oxygens (including phenoxy) is 2. The van der Waals surface area contributed by atoms with Crippen LogP contribution in [0.2, 0.25) is 0 Å². The second-order valence-electron chi connectivity index (χ2n) is 7.97. The van der Waals surface area contributed by atoms with Crippen LogP contribution >= 0.6 is 0 Å². The van der Waals surface area contributed by atoms with E-state index in [2.05, 4.69) is 10.8 Å². The predicted octanol–water partition coefficient (Wildman–Crippen LogP) is 5.44. The van der Waals surface area contributed by atoms with E-state index in [9.17, 15) is 26.4 Å². The fraction of sp³-hybridized carbons (Fsp3) is 0.409. The van der Waals surface area contributed by atoms with Crippen LogP contribution in [0.4, 0.5) is 13.2 Å². The number of alkyl halides is 3. The SMILES string of the molecule is C=Cc1ccc2c(OS(=O)(=O)C(F)(F)F)c(C(OC(C)(C)C)C(=O)OCC)c(C)cc2c1. The summed E-state index contributed by atoms with van der Waals surface area (Å²) < 4.78 is 78.9. The molecule has 2 rings (SSSR count). The molecule has 6 nitrogen and oxygen atoms in total. The molecule has 0 spiro atoms. The highest BCUT2D eigenvalue weighted by Gasteiger charge is 2.49. The summed E-state index contributed by atoms with van der Waals surface area (Å²) in [6.45, 7) is 11.6. The molecule has 0 aliphatic rings. The Labute approximate surface area is 185 Å². The van der Waals surface area contributed by atoms with Crippen molar-refractivity contribution in [2.45, 2.75) is 51.8 Å². The van der Waals surface area contributed by atoms with E-state index in [-0.39, 0.29) is 23.1 Å². The second kappa shape index (κ2) is 9.11. The highest BCUT2D eigenvalue weighted by molar-refractivity contribution is 7.88. The lowest BCUT2D eigenvalue weighted by molar-refractivity contribution is -0.167. The quantitative estimate of drug-likeness (QED) is 0.302. The summed E-state index contributed by atoms with van der Waals surface area (Å²) in [5, 5.41) is 0.449. The largest absolute Gasteiger partial charge is 0.534 e. The number of hydrogen-bond acceptors (Lipinski definition) is 6. The molecule has 0 aromatic heterocycles. The van der Waals surface area contributed by atoms with Gasteiger partial charge in [-0.15, -0.1) is 0 Å². The number of rotatable bonds is 7. The molecule has 0 heterocycles. The zero-order chi connectivity index (χ0) is 24.5. The second-order valence-corrected chi connectivity index (χ2v) is 9.50. The summed E-state index contributed by atoms with van der Waals surface area (Å²) in [6, 6.07) is 6.14. The van der Waals surface area contributed by atoms with Crippen molar-refractivity contribution in [2.24, 2.45) is 0 Å². The Morgan fingerprint density at radius 3 is 2.31 bits per heavy atom. The first kappa shape index (κ1) is 25.7. The molecule has 0 fully saturated rings. The number of halogens is 3. The van der Waals surface area contributed by atoms with Crippen molar-refractivity contribution in [3.05, 3.63) is 47.5 Å². The van der Waals surface area contributed by atoms with Crippen molar-refractivity contribution >= 4 is 32.9 Å². The summed E-state index contributed by atoms with van der Waals surface area (Å²) in [5.41, 5.74) is -5.82. The molecule has 10 heteroatoms. The van der Waals surface area contributed by atoms with Crippen LogP contribution in [0.15, 0.2) is 30.8 Å². The number of esters is 1. The van der Waals surface area contributed by atoms with Gasteiger partial charge >= 0.3 is 21.6 Å². The third kappa shape index (κ3) is 5.60.